The maximum absolute atomic E-state index is 6.74. The van der Waals surface area contributed by atoms with E-state index in [4.69, 9.17) is 28.4 Å². The lowest BCUT2D eigenvalue weighted by atomic mass is 9.79. The predicted octanol–water partition coefficient (Wildman–Crippen LogP) is 5.67. The summed E-state index contributed by atoms with van der Waals surface area (Å²) >= 11 is 0. The average Bonchev–Trinajstić information content (AvgIpc) is 3.19. The van der Waals surface area contributed by atoms with Crippen LogP contribution in [0.4, 0.5) is 0 Å². The van der Waals surface area contributed by atoms with Crippen LogP contribution in [0.3, 0.4) is 0 Å². The van der Waals surface area contributed by atoms with Gasteiger partial charge >= 0.3 is 0 Å². The minimum absolute atomic E-state index is 0.0375. The van der Waals surface area contributed by atoms with Gasteiger partial charge in [-0.05, 0) is 55.9 Å². The van der Waals surface area contributed by atoms with Crippen molar-refractivity contribution in [3.05, 3.63) is 65.7 Å². The van der Waals surface area contributed by atoms with Gasteiger partial charge in [0.25, 0.3) is 0 Å². The first-order valence-corrected chi connectivity index (χ1v) is 13.3. The number of hydrogen-bond acceptors (Lipinski definition) is 6. The number of rotatable bonds is 9. The van der Waals surface area contributed by atoms with E-state index in [-0.39, 0.29) is 23.9 Å². The molecule has 0 saturated carbocycles. The van der Waals surface area contributed by atoms with Gasteiger partial charge in [-0.15, -0.1) is 0 Å². The third-order valence-electron chi connectivity index (χ3n) is 8.06. The molecular weight excluding hydrogens is 456 g/mol. The Kier molecular flexibility index (Phi) is 7.99. The molecule has 3 heterocycles. The van der Waals surface area contributed by atoms with Crippen LogP contribution in [0.15, 0.2) is 54.6 Å². The van der Waals surface area contributed by atoms with Gasteiger partial charge in [-0.1, -0.05) is 49.4 Å². The number of fused-ring (bicyclic) bond motifs is 1. The molecular formula is C30H40O6. The molecule has 196 valence electrons. The number of ether oxygens (including phenoxy) is 6. The van der Waals surface area contributed by atoms with Crippen LogP contribution in [0.1, 0.15) is 57.1 Å². The molecule has 3 fully saturated rings. The van der Waals surface area contributed by atoms with Crippen molar-refractivity contribution >= 4 is 0 Å². The van der Waals surface area contributed by atoms with Crippen molar-refractivity contribution in [3.8, 4) is 5.75 Å². The van der Waals surface area contributed by atoms with Gasteiger partial charge in [-0.3, -0.25) is 0 Å². The zero-order chi connectivity index (χ0) is 25.0. The van der Waals surface area contributed by atoms with Gasteiger partial charge in [0, 0.05) is 12.3 Å². The zero-order valence-electron chi connectivity index (χ0n) is 21.8. The molecule has 6 heteroatoms. The molecule has 0 N–H and O–H groups in total. The predicted molar refractivity (Wildman–Crippen MR) is 137 cm³/mol. The molecule has 0 radical (unpaired) electrons. The highest BCUT2D eigenvalue weighted by Gasteiger charge is 2.57. The highest BCUT2D eigenvalue weighted by Crippen LogP contribution is 2.50. The van der Waals surface area contributed by atoms with Crippen LogP contribution in [-0.4, -0.2) is 50.0 Å². The van der Waals surface area contributed by atoms with Crippen LogP contribution in [0, 0.1) is 5.92 Å². The summed E-state index contributed by atoms with van der Waals surface area (Å²) in [5.74, 6) is 0.666. The summed E-state index contributed by atoms with van der Waals surface area (Å²) in [6.07, 6.45) is 4.80. The van der Waals surface area contributed by atoms with Crippen LogP contribution < -0.4 is 4.74 Å². The first-order valence-electron chi connectivity index (χ1n) is 13.3. The lowest BCUT2D eigenvalue weighted by Gasteiger charge is -2.53. The summed E-state index contributed by atoms with van der Waals surface area (Å²) in [5, 5.41) is 0. The lowest BCUT2D eigenvalue weighted by Crippen LogP contribution is -2.60. The molecule has 0 aromatic heterocycles. The maximum atomic E-state index is 6.74. The summed E-state index contributed by atoms with van der Waals surface area (Å²) in [6.45, 7) is 6.81. The SMILES string of the molecule is COc1ccc(COCC2CCC3OC4(CCC3(C)O2)O[C@@H](COCc2ccccc2)C[C@@H]4C)cc1. The van der Waals surface area contributed by atoms with Gasteiger partial charge in [-0.2, -0.15) is 0 Å². The minimum Gasteiger partial charge on any atom is -0.497 e. The van der Waals surface area contributed by atoms with E-state index in [1.165, 1.54) is 5.56 Å². The largest absolute Gasteiger partial charge is 0.497 e. The summed E-state index contributed by atoms with van der Waals surface area (Å²) < 4.78 is 37.1. The molecule has 2 aromatic carbocycles. The first kappa shape index (κ1) is 25.7. The Hall–Kier alpha value is -1.96. The molecule has 3 saturated heterocycles. The fraction of sp³-hybridized carbons (Fsp3) is 0.600. The van der Waals surface area contributed by atoms with Gasteiger partial charge in [0.1, 0.15) is 5.75 Å². The Morgan fingerprint density at radius 1 is 0.806 bits per heavy atom. The van der Waals surface area contributed by atoms with E-state index in [1.807, 2.05) is 42.5 Å². The van der Waals surface area contributed by atoms with E-state index >= 15 is 0 Å². The molecule has 5 rings (SSSR count). The molecule has 6 nitrogen and oxygen atoms in total. The number of methoxy groups -OCH3 is 1. The van der Waals surface area contributed by atoms with Crippen molar-refractivity contribution in [2.75, 3.05) is 20.3 Å². The summed E-state index contributed by atoms with van der Waals surface area (Å²) in [5.41, 5.74) is 2.01. The molecule has 4 unspecified atom stereocenters. The maximum Gasteiger partial charge on any atom is 0.171 e. The second-order valence-corrected chi connectivity index (χ2v) is 10.8. The minimum atomic E-state index is -0.522. The van der Waals surface area contributed by atoms with Crippen molar-refractivity contribution in [2.45, 2.75) is 88.9 Å². The van der Waals surface area contributed by atoms with Crippen molar-refractivity contribution < 1.29 is 28.4 Å². The van der Waals surface area contributed by atoms with Gasteiger partial charge in [-0.25, -0.2) is 0 Å². The Balaban J connectivity index is 1.08. The van der Waals surface area contributed by atoms with Crippen LogP contribution in [0.2, 0.25) is 0 Å². The first-order chi connectivity index (χ1) is 17.5. The van der Waals surface area contributed by atoms with Crippen LogP contribution >= 0.6 is 0 Å². The summed E-state index contributed by atoms with van der Waals surface area (Å²) in [6, 6.07) is 18.3. The van der Waals surface area contributed by atoms with E-state index in [0.717, 1.165) is 43.4 Å². The third kappa shape index (κ3) is 5.79. The number of benzene rings is 2. The standard InChI is InChI=1S/C30H40O6/c1-22-17-27(21-33-18-23-7-5-4-6-8-23)35-30(22)16-15-29(2)28(36-30)14-13-26(34-29)20-32-19-24-9-11-25(31-3)12-10-24/h4-12,22,26-28H,13-21H2,1-3H3/t22-,26?,27+,28?,29?,30?/m0/s1. The van der Waals surface area contributed by atoms with Gasteiger partial charge < -0.3 is 28.4 Å². The van der Waals surface area contributed by atoms with E-state index < -0.39 is 5.79 Å². The van der Waals surface area contributed by atoms with Crippen LogP contribution in [-0.2, 0) is 36.9 Å². The van der Waals surface area contributed by atoms with Crippen LogP contribution in [0.5, 0.6) is 5.75 Å². The molecule has 0 aliphatic carbocycles. The molecule has 6 atom stereocenters. The van der Waals surface area contributed by atoms with E-state index in [0.29, 0.717) is 32.3 Å². The molecule has 1 spiro atoms. The molecule has 2 aromatic rings. The van der Waals surface area contributed by atoms with E-state index in [2.05, 4.69) is 26.0 Å². The van der Waals surface area contributed by atoms with E-state index in [1.54, 1.807) is 7.11 Å². The average molecular weight is 497 g/mol. The topological polar surface area (TPSA) is 55.4 Å². The second kappa shape index (κ2) is 11.2. The Bertz CT molecular complexity index is 965. The smallest absolute Gasteiger partial charge is 0.171 e. The molecule has 0 bridgehead atoms. The Labute approximate surface area is 215 Å². The Morgan fingerprint density at radius 2 is 1.50 bits per heavy atom. The van der Waals surface area contributed by atoms with Gasteiger partial charge in [0.2, 0.25) is 0 Å². The fourth-order valence-electron chi connectivity index (χ4n) is 5.89. The molecule has 36 heavy (non-hydrogen) atoms. The fourth-order valence-corrected chi connectivity index (χ4v) is 5.89. The highest BCUT2D eigenvalue weighted by molar-refractivity contribution is 5.26. The number of hydrogen-bond donors (Lipinski definition) is 0. The Morgan fingerprint density at radius 3 is 2.22 bits per heavy atom. The quantitative estimate of drug-likeness (QED) is 0.446. The second-order valence-electron chi connectivity index (χ2n) is 10.8. The molecule has 3 aliphatic rings. The van der Waals surface area contributed by atoms with Crippen molar-refractivity contribution in [1.29, 1.82) is 0 Å². The summed E-state index contributed by atoms with van der Waals surface area (Å²) in [4.78, 5) is 0. The van der Waals surface area contributed by atoms with Gasteiger partial charge in [0.05, 0.1) is 57.5 Å². The van der Waals surface area contributed by atoms with E-state index in [9.17, 15) is 0 Å². The van der Waals surface area contributed by atoms with Crippen LogP contribution in [0.25, 0.3) is 0 Å². The van der Waals surface area contributed by atoms with Crippen molar-refractivity contribution in [3.63, 3.8) is 0 Å². The highest BCUT2D eigenvalue weighted by atomic mass is 16.7. The monoisotopic (exact) mass is 496 g/mol. The normalized spacial score (nSPS) is 34.0. The van der Waals surface area contributed by atoms with Gasteiger partial charge in [0.15, 0.2) is 5.79 Å². The summed E-state index contributed by atoms with van der Waals surface area (Å²) in [7, 11) is 1.68. The lowest BCUT2D eigenvalue weighted by molar-refractivity contribution is -0.346. The van der Waals surface area contributed by atoms with Crippen molar-refractivity contribution in [1.82, 2.24) is 0 Å². The molecule has 3 aliphatic heterocycles. The van der Waals surface area contributed by atoms with Crippen molar-refractivity contribution in [2.24, 2.45) is 5.92 Å². The zero-order valence-corrected chi connectivity index (χ0v) is 21.8. The molecule has 0 amide bonds. The third-order valence-corrected chi connectivity index (χ3v) is 8.06.